The summed E-state index contributed by atoms with van der Waals surface area (Å²) in [6, 6.07) is -2.40. The summed E-state index contributed by atoms with van der Waals surface area (Å²) in [7, 11) is 0. The number of ketones is 1. The molecule has 0 amide bonds. The van der Waals surface area contributed by atoms with Gasteiger partial charge in [0.15, 0.2) is 5.78 Å². The summed E-state index contributed by atoms with van der Waals surface area (Å²) in [5.74, 6) is -0.200. The molecule has 3 nitrogen and oxygen atoms in total. The standard InChI is InChI=1S/C10H17F3N2O/c1-9(2,3)8(16)6-4-14-5-7(15-6)10(11,12)13/h6-7,14-15H,4-5H2,1-3H3. The van der Waals surface area contributed by atoms with Crippen LogP contribution in [0.4, 0.5) is 13.2 Å². The first kappa shape index (κ1) is 13.4. The summed E-state index contributed by atoms with van der Waals surface area (Å²) in [6.07, 6.45) is -4.32. The summed E-state index contributed by atoms with van der Waals surface area (Å²) < 4.78 is 37.4. The first-order chi connectivity index (χ1) is 7.12. The third-order valence-corrected chi connectivity index (χ3v) is 2.55. The van der Waals surface area contributed by atoms with Crippen molar-refractivity contribution < 1.29 is 18.0 Å². The Balaban J connectivity index is 2.68. The molecule has 1 rings (SSSR count). The minimum Gasteiger partial charge on any atom is -0.313 e. The van der Waals surface area contributed by atoms with Crippen LogP contribution < -0.4 is 10.6 Å². The SMILES string of the molecule is CC(C)(C)C(=O)C1CNCC(C(F)(F)F)N1. The van der Waals surface area contributed by atoms with Gasteiger partial charge in [-0.25, -0.2) is 0 Å². The molecular weight excluding hydrogens is 221 g/mol. The van der Waals surface area contributed by atoms with Crippen molar-refractivity contribution in [2.45, 2.75) is 39.0 Å². The molecule has 0 radical (unpaired) electrons. The molecule has 0 saturated carbocycles. The Hall–Kier alpha value is -0.620. The highest BCUT2D eigenvalue weighted by Gasteiger charge is 2.44. The molecule has 0 aromatic heterocycles. The molecule has 0 spiro atoms. The molecule has 0 aliphatic carbocycles. The summed E-state index contributed by atoms with van der Waals surface area (Å²) in [6.45, 7) is 5.18. The number of hydrogen-bond donors (Lipinski definition) is 2. The molecule has 1 aliphatic rings. The van der Waals surface area contributed by atoms with Gasteiger partial charge in [0, 0.05) is 18.5 Å². The molecule has 94 valence electrons. The van der Waals surface area contributed by atoms with Crippen molar-refractivity contribution in [1.82, 2.24) is 10.6 Å². The van der Waals surface area contributed by atoms with Crippen LogP contribution in [0.3, 0.4) is 0 Å². The Labute approximate surface area is 92.8 Å². The zero-order valence-electron chi connectivity index (χ0n) is 9.61. The van der Waals surface area contributed by atoms with Gasteiger partial charge in [0.2, 0.25) is 0 Å². The normalized spacial score (nSPS) is 27.9. The average Bonchev–Trinajstić information content (AvgIpc) is 2.14. The highest BCUT2D eigenvalue weighted by molar-refractivity contribution is 5.89. The van der Waals surface area contributed by atoms with Gasteiger partial charge < -0.3 is 5.32 Å². The van der Waals surface area contributed by atoms with Crippen LogP contribution >= 0.6 is 0 Å². The molecule has 0 aromatic carbocycles. The van der Waals surface area contributed by atoms with Crippen molar-refractivity contribution in [2.75, 3.05) is 13.1 Å². The molecule has 1 aliphatic heterocycles. The largest absolute Gasteiger partial charge is 0.405 e. The van der Waals surface area contributed by atoms with Crippen LogP contribution in [0.5, 0.6) is 0 Å². The summed E-state index contributed by atoms with van der Waals surface area (Å²) in [4.78, 5) is 11.8. The van der Waals surface area contributed by atoms with Crippen LogP contribution in [0.15, 0.2) is 0 Å². The van der Waals surface area contributed by atoms with Crippen LogP contribution in [0.1, 0.15) is 20.8 Å². The zero-order chi connectivity index (χ0) is 12.6. The predicted molar refractivity (Wildman–Crippen MR) is 54.1 cm³/mol. The van der Waals surface area contributed by atoms with E-state index >= 15 is 0 Å². The van der Waals surface area contributed by atoms with E-state index in [9.17, 15) is 18.0 Å². The van der Waals surface area contributed by atoms with Crippen LogP contribution in [0, 0.1) is 5.41 Å². The number of halogens is 3. The number of hydrogen-bond acceptors (Lipinski definition) is 3. The Bertz CT molecular complexity index is 270. The lowest BCUT2D eigenvalue weighted by Crippen LogP contribution is -2.63. The minimum absolute atomic E-state index is 0.183. The third kappa shape index (κ3) is 3.18. The number of carbonyl (C=O) groups is 1. The second kappa shape index (κ2) is 4.33. The van der Waals surface area contributed by atoms with Crippen molar-refractivity contribution in [3.8, 4) is 0 Å². The minimum atomic E-state index is -4.32. The van der Waals surface area contributed by atoms with Crippen molar-refractivity contribution in [2.24, 2.45) is 5.41 Å². The maximum Gasteiger partial charge on any atom is 0.405 e. The van der Waals surface area contributed by atoms with Gasteiger partial charge >= 0.3 is 6.18 Å². The van der Waals surface area contributed by atoms with E-state index in [-0.39, 0.29) is 18.9 Å². The Morgan fingerprint density at radius 2 is 1.75 bits per heavy atom. The quantitative estimate of drug-likeness (QED) is 0.718. The monoisotopic (exact) mass is 238 g/mol. The van der Waals surface area contributed by atoms with Crippen LogP contribution in [0.2, 0.25) is 0 Å². The number of nitrogens with one attached hydrogen (secondary N) is 2. The van der Waals surface area contributed by atoms with Gasteiger partial charge in [0.05, 0.1) is 6.04 Å². The lowest BCUT2D eigenvalue weighted by Gasteiger charge is -2.34. The van der Waals surface area contributed by atoms with Crippen molar-refractivity contribution >= 4 is 5.78 Å². The lowest BCUT2D eigenvalue weighted by atomic mass is 9.85. The second-order valence-corrected chi connectivity index (χ2v) is 5.09. The zero-order valence-corrected chi connectivity index (χ0v) is 9.61. The Kier molecular flexibility index (Phi) is 3.64. The third-order valence-electron chi connectivity index (χ3n) is 2.55. The van der Waals surface area contributed by atoms with E-state index in [0.717, 1.165) is 0 Å². The van der Waals surface area contributed by atoms with Crippen molar-refractivity contribution in [3.05, 3.63) is 0 Å². The summed E-state index contributed by atoms with van der Waals surface area (Å²) in [5.41, 5.74) is -0.632. The number of carbonyl (C=O) groups excluding carboxylic acids is 1. The van der Waals surface area contributed by atoms with E-state index < -0.39 is 23.7 Å². The van der Waals surface area contributed by atoms with Crippen LogP contribution in [-0.2, 0) is 4.79 Å². The van der Waals surface area contributed by atoms with E-state index in [1.54, 1.807) is 20.8 Å². The maximum absolute atomic E-state index is 12.5. The van der Waals surface area contributed by atoms with E-state index in [0.29, 0.717) is 0 Å². The second-order valence-electron chi connectivity index (χ2n) is 5.09. The van der Waals surface area contributed by atoms with Crippen LogP contribution in [-0.4, -0.2) is 37.1 Å². The van der Waals surface area contributed by atoms with Gasteiger partial charge in [-0.3, -0.25) is 10.1 Å². The van der Waals surface area contributed by atoms with Gasteiger partial charge in [-0.15, -0.1) is 0 Å². The molecule has 2 N–H and O–H groups in total. The highest BCUT2D eigenvalue weighted by atomic mass is 19.4. The molecule has 1 heterocycles. The summed E-state index contributed by atoms with van der Waals surface area (Å²) >= 11 is 0. The van der Waals surface area contributed by atoms with E-state index in [1.807, 2.05) is 0 Å². The maximum atomic E-state index is 12.5. The topological polar surface area (TPSA) is 41.1 Å². The van der Waals surface area contributed by atoms with E-state index in [4.69, 9.17) is 0 Å². The number of alkyl halides is 3. The number of Topliss-reactive ketones (excluding diaryl/α,β-unsaturated/α-hetero) is 1. The average molecular weight is 238 g/mol. The molecule has 6 heteroatoms. The predicted octanol–water partition coefficient (Wildman–Crippen LogP) is 1.09. The lowest BCUT2D eigenvalue weighted by molar-refractivity contribution is -0.162. The molecule has 2 atom stereocenters. The van der Waals surface area contributed by atoms with Crippen molar-refractivity contribution in [1.29, 1.82) is 0 Å². The molecule has 16 heavy (non-hydrogen) atoms. The fourth-order valence-electron chi connectivity index (χ4n) is 1.63. The van der Waals surface area contributed by atoms with Gasteiger partial charge in [-0.2, -0.15) is 13.2 Å². The Morgan fingerprint density at radius 3 is 2.19 bits per heavy atom. The first-order valence-corrected chi connectivity index (χ1v) is 5.20. The molecule has 0 aromatic rings. The van der Waals surface area contributed by atoms with E-state index in [1.165, 1.54) is 0 Å². The van der Waals surface area contributed by atoms with Crippen molar-refractivity contribution in [3.63, 3.8) is 0 Å². The van der Waals surface area contributed by atoms with Crippen LogP contribution in [0.25, 0.3) is 0 Å². The highest BCUT2D eigenvalue weighted by Crippen LogP contribution is 2.23. The molecule has 0 bridgehead atoms. The number of piperazine rings is 1. The van der Waals surface area contributed by atoms with Gasteiger partial charge in [0.25, 0.3) is 0 Å². The van der Waals surface area contributed by atoms with E-state index in [2.05, 4.69) is 10.6 Å². The van der Waals surface area contributed by atoms with Gasteiger partial charge in [-0.05, 0) is 0 Å². The molecular formula is C10H17F3N2O. The smallest absolute Gasteiger partial charge is 0.313 e. The first-order valence-electron chi connectivity index (χ1n) is 5.20. The molecule has 1 saturated heterocycles. The van der Waals surface area contributed by atoms with Gasteiger partial charge in [-0.1, -0.05) is 20.8 Å². The number of rotatable bonds is 1. The molecule has 2 unspecified atom stereocenters. The van der Waals surface area contributed by atoms with Gasteiger partial charge in [0.1, 0.15) is 6.04 Å². The summed E-state index contributed by atoms with van der Waals surface area (Å²) in [5, 5.41) is 5.00. The molecule has 1 fully saturated rings. The Morgan fingerprint density at radius 1 is 1.19 bits per heavy atom. The fourth-order valence-corrected chi connectivity index (χ4v) is 1.63. The fraction of sp³-hybridized carbons (Fsp3) is 0.900.